The van der Waals surface area contributed by atoms with Crippen molar-refractivity contribution in [2.45, 2.75) is 18.0 Å². The van der Waals surface area contributed by atoms with Gasteiger partial charge >= 0.3 is 0 Å². The number of likely N-dealkylation sites (tertiary alicyclic amines) is 1. The van der Waals surface area contributed by atoms with Crippen LogP contribution in [0, 0.1) is 15.4 Å². The van der Waals surface area contributed by atoms with Crippen LogP contribution in [0.1, 0.15) is 5.56 Å². The summed E-state index contributed by atoms with van der Waals surface area (Å²) in [6.45, 7) is 0. The number of fused-ring (bicyclic) bond motifs is 5. The molecule has 1 N–H and O–H groups in total. The quantitative estimate of drug-likeness (QED) is 0.569. The van der Waals surface area contributed by atoms with Crippen LogP contribution in [0.5, 0.6) is 0 Å². The Morgan fingerprint density at radius 2 is 1.96 bits per heavy atom. The molecule has 0 aromatic heterocycles. The Bertz CT molecular complexity index is 775. The van der Waals surface area contributed by atoms with E-state index in [4.69, 9.17) is 0 Å². The predicted molar refractivity (Wildman–Crippen MR) is 91.4 cm³/mol. The van der Waals surface area contributed by atoms with Gasteiger partial charge in [-0.25, -0.2) is 0 Å². The van der Waals surface area contributed by atoms with Crippen molar-refractivity contribution >= 4 is 40.2 Å². The molecule has 2 saturated heterocycles. The molecule has 118 valence electrons. The Morgan fingerprint density at radius 1 is 1.22 bits per heavy atom. The van der Waals surface area contributed by atoms with Gasteiger partial charge in [-0.1, -0.05) is 24.3 Å². The lowest BCUT2D eigenvalue weighted by molar-refractivity contribution is -0.140. The number of imide groups is 1. The number of benzene rings is 1. The van der Waals surface area contributed by atoms with Gasteiger partial charge in [0.1, 0.15) is 0 Å². The predicted octanol–water partition coefficient (Wildman–Crippen LogP) is 0.914. The first kappa shape index (κ1) is 15.0. The molecule has 1 aromatic carbocycles. The Kier molecular flexibility index (Phi) is 3.25. The van der Waals surface area contributed by atoms with E-state index in [0.29, 0.717) is 6.42 Å². The third-order valence-electron chi connectivity index (χ3n) is 5.20. The molecular formula is C17H15IN2O3. The largest absolute Gasteiger partial charge is 0.296 e. The lowest BCUT2D eigenvalue weighted by Crippen LogP contribution is -2.54. The highest BCUT2D eigenvalue weighted by Gasteiger charge is 2.66. The minimum Gasteiger partial charge on any atom is -0.296 e. The van der Waals surface area contributed by atoms with E-state index in [1.165, 1.54) is 18.0 Å². The number of nitrogens with zero attached hydrogens (tertiary/aromatic N) is 1. The van der Waals surface area contributed by atoms with Crippen molar-refractivity contribution in [1.29, 1.82) is 0 Å². The summed E-state index contributed by atoms with van der Waals surface area (Å²) < 4.78 is 1.11. The summed E-state index contributed by atoms with van der Waals surface area (Å²) in [5.74, 6) is -1.66. The van der Waals surface area contributed by atoms with Crippen LogP contribution >= 0.6 is 22.6 Å². The number of amides is 2. The Balaban J connectivity index is 1.82. The van der Waals surface area contributed by atoms with Crippen LogP contribution in [-0.4, -0.2) is 41.1 Å². The summed E-state index contributed by atoms with van der Waals surface area (Å²) in [5, 5.41) is 3.30. The fourth-order valence-electron chi connectivity index (χ4n) is 4.09. The molecule has 4 unspecified atom stereocenters. The monoisotopic (exact) mass is 422 g/mol. The lowest BCUT2D eigenvalue weighted by Gasteiger charge is -2.34. The summed E-state index contributed by atoms with van der Waals surface area (Å²) in [4.78, 5) is 38.4. The number of nitrogens with one attached hydrogen (secondary N) is 1. The second-order valence-corrected chi connectivity index (χ2v) is 7.57. The number of rotatable bonds is 2. The van der Waals surface area contributed by atoms with Gasteiger partial charge in [-0.15, -0.1) is 0 Å². The van der Waals surface area contributed by atoms with Gasteiger partial charge in [0.15, 0.2) is 5.78 Å². The van der Waals surface area contributed by atoms with E-state index in [-0.39, 0.29) is 17.6 Å². The summed E-state index contributed by atoms with van der Waals surface area (Å²) in [5.41, 5.74) is 0.441. The first-order chi connectivity index (χ1) is 10.9. The zero-order chi connectivity index (χ0) is 16.4. The van der Waals surface area contributed by atoms with E-state index < -0.39 is 23.4 Å². The van der Waals surface area contributed by atoms with Crippen molar-refractivity contribution in [3.8, 4) is 0 Å². The van der Waals surface area contributed by atoms with Crippen molar-refractivity contribution in [2.75, 3.05) is 7.05 Å². The van der Waals surface area contributed by atoms with E-state index >= 15 is 0 Å². The topological polar surface area (TPSA) is 66.5 Å². The fraction of sp³-hybridized carbons (Fsp3) is 0.353. The molecule has 2 fully saturated rings. The summed E-state index contributed by atoms with van der Waals surface area (Å²) >= 11 is 2.27. The highest BCUT2D eigenvalue weighted by Crippen LogP contribution is 2.47. The first-order valence-electron chi connectivity index (χ1n) is 7.50. The molecule has 3 aliphatic rings. The van der Waals surface area contributed by atoms with Crippen LogP contribution in [0.2, 0.25) is 0 Å². The molecule has 0 aliphatic carbocycles. The van der Waals surface area contributed by atoms with Crippen molar-refractivity contribution in [1.82, 2.24) is 10.2 Å². The number of ketones is 1. The molecule has 2 amide bonds. The maximum absolute atomic E-state index is 12.6. The van der Waals surface area contributed by atoms with Crippen molar-refractivity contribution < 1.29 is 14.4 Å². The summed E-state index contributed by atoms with van der Waals surface area (Å²) in [7, 11) is 1.51. The zero-order valence-electron chi connectivity index (χ0n) is 12.5. The molecule has 4 atom stereocenters. The van der Waals surface area contributed by atoms with E-state index in [9.17, 15) is 14.4 Å². The summed E-state index contributed by atoms with van der Waals surface area (Å²) in [6, 6.07) is 7.38. The van der Waals surface area contributed by atoms with Crippen molar-refractivity contribution in [2.24, 2.45) is 11.8 Å². The van der Waals surface area contributed by atoms with Crippen molar-refractivity contribution in [3.63, 3.8) is 0 Å². The summed E-state index contributed by atoms with van der Waals surface area (Å²) in [6.07, 6.45) is 3.92. The maximum Gasteiger partial charge on any atom is 0.235 e. The third kappa shape index (κ3) is 1.97. The van der Waals surface area contributed by atoms with Crippen LogP contribution in [0.4, 0.5) is 0 Å². The van der Waals surface area contributed by atoms with E-state index in [0.717, 1.165) is 9.13 Å². The van der Waals surface area contributed by atoms with Gasteiger partial charge in [-0.2, -0.15) is 0 Å². The molecule has 0 spiro atoms. The average molecular weight is 422 g/mol. The molecule has 2 bridgehead atoms. The smallest absolute Gasteiger partial charge is 0.235 e. The second kappa shape index (κ2) is 4.98. The zero-order valence-corrected chi connectivity index (χ0v) is 14.6. The van der Waals surface area contributed by atoms with Gasteiger partial charge in [-0.05, 0) is 46.7 Å². The van der Waals surface area contributed by atoms with Crippen LogP contribution in [0.3, 0.4) is 0 Å². The number of carbonyl (C=O) groups excluding carboxylic acids is 3. The highest BCUT2D eigenvalue weighted by atomic mass is 127. The average Bonchev–Trinajstić information content (AvgIpc) is 2.94. The molecule has 5 nitrogen and oxygen atoms in total. The SMILES string of the molecule is CN1C(=O)C2C3NC(Cc4ccccc4I)(C=CC3=O)C2C1=O. The van der Waals surface area contributed by atoms with Crippen LogP contribution in [0.25, 0.3) is 0 Å². The lowest BCUT2D eigenvalue weighted by atomic mass is 9.77. The maximum atomic E-state index is 12.6. The third-order valence-corrected chi connectivity index (χ3v) is 6.25. The van der Waals surface area contributed by atoms with E-state index in [1.807, 2.05) is 24.3 Å². The van der Waals surface area contributed by atoms with Crippen LogP contribution < -0.4 is 5.32 Å². The molecule has 0 saturated carbocycles. The molecule has 0 radical (unpaired) electrons. The Labute approximate surface area is 147 Å². The normalized spacial score (nSPS) is 35.1. The second-order valence-electron chi connectivity index (χ2n) is 6.41. The van der Waals surface area contributed by atoms with Gasteiger partial charge in [0.05, 0.1) is 23.4 Å². The van der Waals surface area contributed by atoms with Gasteiger partial charge in [0.25, 0.3) is 0 Å². The number of carbonyl (C=O) groups is 3. The fourth-order valence-corrected chi connectivity index (χ4v) is 4.67. The van der Waals surface area contributed by atoms with Crippen LogP contribution in [0.15, 0.2) is 36.4 Å². The molecule has 4 rings (SSSR count). The molecule has 3 aliphatic heterocycles. The van der Waals surface area contributed by atoms with E-state index in [2.05, 4.69) is 27.9 Å². The van der Waals surface area contributed by atoms with Crippen molar-refractivity contribution in [3.05, 3.63) is 45.6 Å². The minimum atomic E-state index is -0.665. The number of halogens is 1. The Hall–Kier alpha value is -1.54. The van der Waals surface area contributed by atoms with Gasteiger partial charge < -0.3 is 0 Å². The van der Waals surface area contributed by atoms with E-state index in [1.54, 1.807) is 6.08 Å². The van der Waals surface area contributed by atoms with Gasteiger partial charge in [0, 0.05) is 10.6 Å². The molecular weight excluding hydrogens is 407 g/mol. The molecule has 23 heavy (non-hydrogen) atoms. The number of hydrogen-bond acceptors (Lipinski definition) is 4. The standard InChI is InChI=1S/C17H15IN2O3/c1-20-15(22)12-13(16(20)23)17(7-6-11(21)14(12)19-17)8-9-4-2-3-5-10(9)18/h2-7,12-14,19H,8H2,1H3. The molecule has 1 aromatic rings. The molecule has 6 heteroatoms. The van der Waals surface area contributed by atoms with Gasteiger partial charge in [-0.3, -0.25) is 24.6 Å². The Morgan fingerprint density at radius 3 is 2.70 bits per heavy atom. The minimum absolute atomic E-state index is 0.118. The van der Waals surface area contributed by atoms with Crippen LogP contribution in [-0.2, 0) is 20.8 Å². The first-order valence-corrected chi connectivity index (χ1v) is 8.58. The highest BCUT2D eigenvalue weighted by molar-refractivity contribution is 14.1. The number of hydrogen-bond donors (Lipinski definition) is 1. The van der Waals surface area contributed by atoms with Gasteiger partial charge in [0.2, 0.25) is 11.8 Å². The molecule has 3 heterocycles.